The summed E-state index contributed by atoms with van der Waals surface area (Å²) in [5.74, 6) is 0.549. The number of fused-ring (bicyclic) bond motifs is 1. The quantitative estimate of drug-likeness (QED) is 0.429. The van der Waals surface area contributed by atoms with Crippen molar-refractivity contribution >= 4 is 22.3 Å². The number of aromatic amines is 1. The zero-order valence-corrected chi connectivity index (χ0v) is 20.7. The number of likely N-dealkylation sites (N-methyl/N-ethyl adjacent to an activating group) is 1. The second-order valence-corrected chi connectivity index (χ2v) is 9.33. The fraction of sp³-hybridized carbons (Fsp3) is 0.370. The summed E-state index contributed by atoms with van der Waals surface area (Å²) in [5.41, 5.74) is 4.74. The van der Waals surface area contributed by atoms with Crippen LogP contribution in [-0.4, -0.2) is 68.8 Å². The Hall–Kier alpha value is -3.49. The monoisotopic (exact) mass is 471 g/mol. The van der Waals surface area contributed by atoms with Gasteiger partial charge in [0.05, 0.1) is 17.3 Å². The Balaban J connectivity index is 1.36. The molecule has 4 heterocycles. The van der Waals surface area contributed by atoms with Crippen LogP contribution in [0.4, 0.5) is 11.5 Å². The van der Waals surface area contributed by atoms with E-state index in [1.54, 1.807) is 17.1 Å². The number of hydrogen-bond donors (Lipinski definition) is 2. The van der Waals surface area contributed by atoms with Gasteiger partial charge in [0.2, 0.25) is 0 Å². The Bertz CT molecular complexity index is 1360. The molecular weight excluding hydrogens is 438 g/mol. The van der Waals surface area contributed by atoms with Gasteiger partial charge < -0.3 is 20.1 Å². The highest BCUT2D eigenvalue weighted by Crippen LogP contribution is 2.29. The highest BCUT2D eigenvalue weighted by molar-refractivity contribution is 5.96. The van der Waals surface area contributed by atoms with Gasteiger partial charge >= 0.3 is 0 Å². The molecule has 2 N–H and O–H groups in total. The van der Waals surface area contributed by atoms with E-state index in [1.807, 2.05) is 26.2 Å². The molecule has 4 aromatic rings. The minimum atomic E-state index is -0.155. The molecule has 8 nitrogen and oxygen atoms in total. The number of pyridine rings is 2. The number of aromatic nitrogens is 4. The van der Waals surface area contributed by atoms with Crippen LogP contribution in [0.25, 0.3) is 22.0 Å². The predicted octanol–water partition coefficient (Wildman–Crippen LogP) is 3.56. The van der Waals surface area contributed by atoms with Crippen LogP contribution in [0.1, 0.15) is 18.1 Å². The summed E-state index contributed by atoms with van der Waals surface area (Å²) >= 11 is 0. The molecule has 0 bridgehead atoms. The van der Waals surface area contributed by atoms with Crippen LogP contribution in [0.2, 0.25) is 0 Å². The van der Waals surface area contributed by atoms with Crippen molar-refractivity contribution < 1.29 is 0 Å². The van der Waals surface area contributed by atoms with Crippen LogP contribution < -0.4 is 10.9 Å². The largest absolute Gasteiger partial charge is 0.340 e. The van der Waals surface area contributed by atoms with Gasteiger partial charge in [-0.25, -0.2) is 4.98 Å². The third-order valence-electron chi connectivity index (χ3n) is 6.94. The molecule has 35 heavy (non-hydrogen) atoms. The normalized spacial score (nSPS) is 15.1. The summed E-state index contributed by atoms with van der Waals surface area (Å²) in [6.45, 7) is 11.1. The fourth-order valence-electron chi connectivity index (χ4n) is 4.71. The summed E-state index contributed by atoms with van der Waals surface area (Å²) in [5, 5.41) is 9.12. The van der Waals surface area contributed by atoms with Gasteiger partial charge in [0, 0.05) is 63.4 Å². The highest BCUT2D eigenvalue weighted by Gasteiger charge is 2.16. The molecule has 0 spiro atoms. The van der Waals surface area contributed by atoms with E-state index in [2.05, 4.69) is 56.4 Å². The van der Waals surface area contributed by atoms with Crippen LogP contribution in [0.3, 0.4) is 0 Å². The van der Waals surface area contributed by atoms with Crippen molar-refractivity contribution in [3.63, 3.8) is 0 Å². The van der Waals surface area contributed by atoms with E-state index in [0.717, 1.165) is 73.6 Å². The van der Waals surface area contributed by atoms with E-state index in [9.17, 15) is 4.79 Å². The SMILES string of the molecule is CCN1CCN(CCc2ccc(Nc3nc(-c4cnn(C)c4)cc4c(C)c[nH]c(=O)c34)cc2)CC1. The first-order valence-corrected chi connectivity index (χ1v) is 12.3. The summed E-state index contributed by atoms with van der Waals surface area (Å²) in [7, 11) is 1.88. The lowest BCUT2D eigenvalue weighted by atomic mass is 10.1. The van der Waals surface area contributed by atoms with Gasteiger partial charge in [0.25, 0.3) is 5.56 Å². The highest BCUT2D eigenvalue weighted by atomic mass is 16.1. The zero-order valence-electron chi connectivity index (χ0n) is 20.7. The van der Waals surface area contributed by atoms with E-state index in [4.69, 9.17) is 4.98 Å². The molecule has 1 aromatic carbocycles. The number of rotatable bonds is 7. The zero-order chi connectivity index (χ0) is 24.4. The number of H-pyrrole nitrogens is 1. The maximum Gasteiger partial charge on any atom is 0.259 e. The van der Waals surface area contributed by atoms with Gasteiger partial charge in [-0.15, -0.1) is 0 Å². The van der Waals surface area contributed by atoms with E-state index < -0.39 is 0 Å². The van der Waals surface area contributed by atoms with E-state index in [0.29, 0.717) is 11.2 Å². The van der Waals surface area contributed by atoms with Crippen molar-refractivity contribution in [1.82, 2.24) is 29.5 Å². The van der Waals surface area contributed by atoms with Crippen molar-refractivity contribution in [2.24, 2.45) is 7.05 Å². The minimum absolute atomic E-state index is 0.155. The summed E-state index contributed by atoms with van der Waals surface area (Å²) in [4.78, 5) is 25.5. The summed E-state index contributed by atoms with van der Waals surface area (Å²) in [6.07, 6.45) is 6.50. The maximum atomic E-state index is 12.8. The second kappa shape index (κ2) is 10.0. The smallest absolute Gasteiger partial charge is 0.259 e. The van der Waals surface area contributed by atoms with Crippen LogP contribution in [0.5, 0.6) is 0 Å². The molecule has 182 valence electrons. The molecule has 0 amide bonds. The van der Waals surface area contributed by atoms with Crippen LogP contribution in [-0.2, 0) is 13.5 Å². The number of anilines is 2. The van der Waals surface area contributed by atoms with Gasteiger partial charge in [-0.05, 0) is 54.6 Å². The van der Waals surface area contributed by atoms with Crippen LogP contribution in [0.15, 0.2) is 53.7 Å². The fourth-order valence-corrected chi connectivity index (χ4v) is 4.71. The number of nitrogens with zero attached hydrogens (tertiary/aromatic N) is 5. The molecule has 0 saturated carbocycles. The summed E-state index contributed by atoms with van der Waals surface area (Å²) in [6, 6.07) is 10.4. The molecule has 0 unspecified atom stereocenters. The molecule has 1 saturated heterocycles. The molecular formula is C27H33N7O. The van der Waals surface area contributed by atoms with Crippen molar-refractivity contribution in [3.8, 4) is 11.3 Å². The lowest BCUT2D eigenvalue weighted by Crippen LogP contribution is -2.46. The number of piperazine rings is 1. The van der Waals surface area contributed by atoms with Gasteiger partial charge in [-0.2, -0.15) is 5.10 Å². The van der Waals surface area contributed by atoms with Gasteiger partial charge in [0.15, 0.2) is 0 Å². The first-order chi connectivity index (χ1) is 17.0. The van der Waals surface area contributed by atoms with Crippen molar-refractivity contribution in [1.29, 1.82) is 0 Å². The molecule has 3 aromatic heterocycles. The lowest BCUT2D eigenvalue weighted by molar-refractivity contribution is 0.138. The topological polar surface area (TPSA) is 82.1 Å². The van der Waals surface area contributed by atoms with Crippen molar-refractivity contribution in [2.45, 2.75) is 20.3 Å². The van der Waals surface area contributed by atoms with E-state index in [-0.39, 0.29) is 5.56 Å². The van der Waals surface area contributed by atoms with Crippen molar-refractivity contribution in [3.05, 3.63) is 70.4 Å². The van der Waals surface area contributed by atoms with Crippen molar-refractivity contribution in [2.75, 3.05) is 44.6 Å². The molecule has 0 aliphatic carbocycles. The third kappa shape index (κ3) is 5.13. The third-order valence-corrected chi connectivity index (χ3v) is 6.94. The molecule has 1 aliphatic rings. The molecule has 1 aliphatic heterocycles. The molecule has 0 radical (unpaired) electrons. The Kier molecular flexibility index (Phi) is 6.66. The maximum absolute atomic E-state index is 12.8. The predicted molar refractivity (Wildman–Crippen MR) is 141 cm³/mol. The Morgan fingerprint density at radius 3 is 2.51 bits per heavy atom. The summed E-state index contributed by atoms with van der Waals surface area (Å²) < 4.78 is 1.75. The molecule has 8 heteroatoms. The number of aryl methyl sites for hydroxylation is 2. The van der Waals surface area contributed by atoms with Gasteiger partial charge in [0.1, 0.15) is 5.82 Å². The van der Waals surface area contributed by atoms with E-state index in [1.165, 1.54) is 5.56 Å². The molecule has 0 atom stereocenters. The average Bonchev–Trinajstić information content (AvgIpc) is 3.32. The first kappa shape index (κ1) is 23.3. The molecule has 5 rings (SSSR count). The minimum Gasteiger partial charge on any atom is -0.340 e. The average molecular weight is 472 g/mol. The lowest BCUT2D eigenvalue weighted by Gasteiger charge is -2.34. The Morgan fingerprint density at radius 2 is 1.83 bits per heavy atom. The van der Waals surface area contributed by atoms with Gasteiger partial charge in [-0.1, -0.05) is 19.1 Å². The number of nitrogens with one attached hydrogen (secondary N) is 2. The van der Waals surface area contributed by atoms with E-state index >= 15 is 0 Å². The first-order valence-electron chi connectivity index (χ1n) is 12.3. The Labute approximate surface area is 205 Å². The Morgan fingerprint density at radius 1 is 1.09 bits per heavy atom. The van der Waals surface area contributed by atoms with Crippen LogP contribution >= 0.6 is 0 Å². The molecule has 1 fully saturated rings. The number of benzene rings is 1. The van der Waals surface area contributed by atoms with Crippen LogP contribution in [0, 0.1) is 6.92 Å². The van der Waals surface area contributed by atoms with Gasteiger partial charge in [-0.3, -0.25) is 9.48 Å². The standard InChI is InChI=1S/C27H33N7O/c1-4-33-11-13-34(14-12-33)10-9-20-5-7-22(8-6-20)30-26-25-23(19(2)16-28-27(25)35)15-24(31-26)21-17-29-32(3)18-21/h5-8,15-18H,4,9-14H2,1-3H3,(H,28,35)(H,30,31). The second-order valence-electron chi connectivity index (χ2n) is 9.33. The number of hydrogen-bond acceptors (Lipinski definition) is 6.